The van der Waals surface area contributed by atoms with Gasteiger partial charge >= 0.3 is 5.97 Å². The Labute approximate surface area is 130 Å². The Bertz CT molecular complexity index is 572. The van der Waals surface area contributed by atoms with E-state index in [1.807, 2.05) is 32.6 Å². The van der Waals surface area contributed by atoms with Gasteiger partial charge in [-0.1, -0.05) is 6.92 Å². The highest BCUT2D eigenvalue weighted by molar-refractivity contribution is 5.95. The van der Waals surface area contributed by atoms with Crippen LogP contribution in [-0.4, -0.2) is 46.5 Å². The number of likely N-dealkylation sites (N-methyl/N-ethyl adjacent to an activating group) is 1. The second kappa shape index (κ2) is 6.44. The van der Waals surface area contributed by atoms with Gasteiger partial charge in [0.05, 0.1) is 6.42 Å². The lowest BCUT2D eigenvalue weighted by Gasteiger charge is -2.41. The van der Waals surface area contributed by atoms with Gasteiger partial charge in [0, 0.05) is 24.6 Å². The number of carbonyl (C=O) groups excluding carboxylic acids is 2. The number of aryl methyl sites for hydroxylation is 1. The topological polar surface area (TPSA) is 71.5 Å². The van der Waals surface area contributed by atoms with Crippen molar-refractivity contribution in [2.45, 2.75) is 45.8 Å². The molecular formula is C16H23N3O3. The van der Waals surface area contributed by atoms with Gasteiger partial charge in [-0.3, -0.25) is 19.5 Å². The highest BCUT2D eigenvalue weighted by Gasteiger charge is 2.40. The van der Waals surface area contributed by atoms with Gasteiger partial charge in [-0.2, -0.15) is 0 Å². The van der Waals surface area contributed by atoms with E-state index in [0.717, 1.165) is 5.56 Å². The highest BCUT2D eigenvalue weighted by Crippen LogP contribution is 2.24. The average molecular weight is 305 g/mol. The van der Waals surface area contributed by atoms with Gasteiger partial charge in [-0.05, 0) is 38.9 Å². The van der Waals surface area contributed by atoms with Crippen LogP contribution >= 0.6 is 0 Å². The SMILES string of the molecule is CCN1CC(C)(C)OC(=O)C1CC(=O)Nc1ccncc1C. The molecule has 0 saturated carbocycles. The fraction of sp³-hybridized carbons (Fsp3) is 0.562. The zero-order valence-electron chi connectivity index (χ0n) is 13.5. The molecule has 1 N–H and O–H groups in total. The maximum atomic E-state index is 12.2. The summed E-state index contributed by atoms with van der Waals surface area (Å²) in [5, 5.41) is 2.83. The lowest BCUT2D eigenvalue weighted by Crippen LogP contribution is -2.57. The van der Waals surface area contributed by atoms with Crippen LogP contribution in [0.25, 0.3) is 0 Å². The molecule has 6 nitrogen and oxygen atoms in total. The fourth-order valence-electron chi connectivity index (χ4n) is 2.66. The molecule has 1 unspecified atom stereocenters. The predicted molar refractivity (Wildman–Crippen MR) is 83.4 cm³/mol. The van der Waals surface area contributed by atoms with Crippen molar-refractivity contribution in [3.63, 3.8) is 0 Å². The number of ether oxygens (including phenoxy) is 1. The summed E-state index contributed by atoms with van der Waals surface area (Å²) < 4.78 is 5.42. The molecule has 0 spiro atoms. The second-order valence-corrected chi connectivity index (χ2v) is 6.20. The summed E-state index contributed by atoms with van der Waals surface area (Å²) in [4.78, 5) is 30.4. The predicted octanol–water partition coefficient (Wildman–Crippen LogP) is 1.74. The maximum absolute atomic E-state index is 12.2. The number of pyridine rings is 1. The Hall–Kier alpha value is -1.95. The molecule has 1 fully saturated rings. The lowest BCUT2D eigenvalue weighted by atomic mass is 10.0. The van der Waals surface area contributed by atoms with Crippen LogP contribution in [0.1, 0.15) is 32.8 Å². The summed E-state index contributed by atoms with van der Waals surface area (Å²) in [6.45, 7) is 8.94. The van der Waals surface area contributed by atoms with Crippen LogP contribution in [0.5, 0.6) is 0 Å². The monoisotopic (exact) mass is 305 g/mol. The van der Waals surface area contributed by atoms with E-state index in [-0.39, 0.29) is 18.3 Å². The van der Waals surface area contributed by atoms with Crippen LogP contribution in [0.15, 0.2) is 18.5 Å². The molecule has 0 aromatic carbocycles. The molecule has 1 aliphatic rings. The summed E-state index contributed by atoms with van der Waals surface area (Å²) in [5.41, 5.74) is 1.09. The number of cyclic esters (lactones) is 1. The minimum atomic E-state index is -0.528. The summed E-state index contributed by atoms with van der Waals surface area (Å²) >= 11 is 0. The number of nitrogens with zero attached hydrogens (tertiary/aromatic N) is 2. The molecule has 0 bridgehead atoms. The Morgan fingerprint density at radius 3 is 2.91 bits per heavy atom. The first-order valence-corrected chi connectivity index (χ1v) is 7.50. The number of hydrogen-bond donors (Lipinski definition) is 1. The van der Waals surface area contributed by atoms with E-state index in [1.165, 1.54) is 0 Å². The third-order valence-electron chi connectivity index (χ3n) is 3.75. The number of aromatic nitrogens is 1. The number of rotatable bonds is 4. The van der Waals surface area contributed by atoms with Gasteiger partial charge in [-0.15, -0.1) is 0 Å². The normalized spacial score (nSPS) is 21.3. The van der Waals surface area contributed by atoms with E-state index >= 15 is 0 Å². The Kier molecular flexibility index (Phi) is 4.81. The van der Waals surface area contributed by atoms with E-state index in [2.05, 4.69) is 10.3 Å². The van der Waals surface area contributed by atoms with Crippen molar-refractivity contribution in [1.82, 2.24) is 9.88 Å². The average Bonchev–Trinajstić information content (AvgIpc) is 2.43. The van der Waals surface area contributed by atoms with E-state index < -0.39 is 11.6 Å². The summed E-state index contributed by atoms with van der Waals surface area (Å²) in [7, 11) is 0. The molecule has 120 valence electrons. The van der Waals surface area contributed by atoms with Crippen LogP contribution in [0.2, 0.25) is 0 Å². The van der Waals surface area contributed by atoms with Crippen LogP contribution in [0.3, 0.4) is 0 Å². The molecule has 22 heavy (non-hydrogen) atoms. The largest absolute Gasteiger partial charge is 0.457 e. The molecule has 1 aliphatic heterocycles. The van der Waals surface area contributed by atoms with E-state index in [1.54, 1.807) is 18.5 Å². The van der Waals surface area contributed by atoms with Crippen molar-refractivity contribution in [2.24, 2.45) is 0 Å². The molecular weight excluding hydrogens is 282 g/mol. The molecule has 1 aromatic rings. The molecule has 2 rings (SSSR count). The van der Waals surface area contributed by atoms with E-state index in [9.17, 15) is 9.59 Å². The van der Waals surface area contributed by atoms with Crippen molar-refractivity contribution >= 4 is 17.6 Å². The number of morpholine rings is 1. The van der Waals surface area contributed by atoms with E-state index in [4.69, 9.17) is 4.74 Å². The standard InChI is InChI=1S/C16H23N3O3/c1-5-19-10-16(3,4)22-15(21)13(19)8-14(20)18-12-6-7-17-9-11(12)2/h6-7,9,13H,5,8,10H2,1-4H3,(H,17,18,20). The van der Waals surface area contributed by atoms with Gasteiger partial charge in [0.25, 0.3) is 0 Å². The first-order valence-electron chi connectivity index (χ1n) is 7.50. The van der Waals surface area contributed by atoms with Gasteiger partial charge in [0.1, 0.15) is 11.6 Å². The van der Waals surface area contributed by atoms with Crippen LogP contribution in [0.4, 0.5) is 5.69 Å². The lowest BCUT2D eigenvalue weighted by molar-refractivity contribution is -0.178. The molecule has 0 aliphatic carbocycles. The second-order valence-electron chi connectivity index (χ2n) is 6.20. The zero-order valence-corrected chi connectivity index (χ0v) is 13.5. The van der Waals surface area contributed by atoms with Gasteiger partial charge in [0.15, 0.2) is 0 Å². The summed E-state index contributed by atoms with van der Waals surface area (Å²) in [6.07, 6.45) is 3.40. The van der Waals surface area contributed by atoms with Crippen molar-refractivity contribution < 1.29 is 14.3 Å². The van der Waals surface area contributed by atoms with Crippen molar-refractivity contribution in [2.75, 3.05) is 18.4 Å². The summed E-state index contributed by atoms with van der Waals surface area (Å²) in [5.74, 6) is -0.533. The molecule has 0 radical (unpaired) electrons. The molecule has 1 aromatic heterocycles. The van der Waals surface area contributed by atoms with Gasteiger partial charge in [0.2, 0.25) is 5.91 Å². The van der Waals surface area contributed by atoms with Gasteiger partial charge in [-0.25, -0.2) is 0 Å². The molecule has 6 heteroatoms. The molecule has 1 saturated heterocycles. The van der Waals surface area contributed by atoms with Crippen LogP contribution in [0, 0.1) is 6.92 Å². The van der Waals surface area contributed by atoms with Gasteiger partial charge < -0.3 is 10.1 Å². The van der Waals surface area contributed by atoms with Crippen molar-refractivity contribution in [3.8, 4) is 0 Å². The first kappa shape index (κ1) is 16.4. The minimum absolute atomic E-state index is 0.0878. The minimum Gasteiger partial charge on any atom is -0.457 e. The zero-order chi connectivity index (χ0) is 16.3. The maximum Gasteiger partial charge on any atom is 0.324 e. The van der Waals surface area contributed by atoms with Crippen molar-refractivity contribution in [1.29, 1.82) is 0 Å². The Morgan fingerprint density at radius 2 is 2.27 bits per heavy atom. The first-order chi connectivity index (χ1) is 10.3. The van der Waals surface area contributed by atoms with E-state index in [0.29, 0.717) is 18.8 Å². The highest BCUT2D eigenvalue weighted by atomic mass is 16.6. The third kappa shape index (κ3) is 3.82. The number of hydrogen-bond acceptors (Lipinski definition) is 5. The number of amides is 1. The quantitative estimate of drug-likeness (QED) is 0.858. The van der Waals surface area contributed by atoms with Crippen LogP contribution < -0.4 is 5.32 Å². The molecule has 1 amide bonds. The number of nitrogens with one attached hydrogen (secondary N) is 1. The fourth-order valence-corrected chi connectivity index (χ4v) is 2.66. The van der Waals surface area contributed by atoms with Crippen LogP contribution in [-0.2, 0) is 14.3 Å². The summed E-state index contributed by atoms with van der Waals surface area (Å²) in [6, 6.07) is 1.22. The Morgan fingerprint density at radius 1 is 1.55 bits per heavy atom. The molecule has 2 heterocycles. The number of esters is 1. The number of carbonyl (C=O) groups is 2. The molecule has 1 atom stereocenters. The smallest absolute Gasteiger partial charge is 0.324 e. The Balaban J connectivity index is 2.04. The third-order valence-corrected chi connectivity index (χ3v) is 3.75. The number of anilines is 1. The van der Waals surface area contributed by atoms with Crippen molar-refractivity contribution in [3.05, 3.63) is 24.0 Å².